The highest BCUT2D eigenvalue weighted by Crippen LogP contribution is 2.40. The Morgan fingerprint density at radius 2 is 1.48 bits per heavy atom. The molecular weight excluding hydrogens is 386 g/mol. The fourth-order valence-electron chi connectivity index (χ4n) is 3.49. The molecule has 3 aromatic carbocycles. The fourth-order valence-corrected chi connectivity index (χ4v) is 4.33. The molecule has 1 heterocycles. The van der Waals surface area contributed by atoms with Crippen LogP contribution in [-0.4, -0.2) is 29.3 Å². The van der Waals surface area contributed by atoms with Crippen LogP contribution in [0.4, 0.5) is 0 Å². The number of carboxylic acid groups (broad SMARTS) is 1. The second kappa shape index (κ2) is 8.03. The molecule has 1 N–H and O–H groups in total. The third-order valence-corrected chi connectivity index (χ3v) is 5.74. The number of nitrogens with zero attached hydrogens (tertiary/aromatic N) is 1. The molecule has 0 aliphatic carbocycles. The number of benzene rings is 3. The molecular formula is C23H19NO4S. The Hall–Kier alpha value is -3.22. The standard InChI is InChI=1S/C23H19NO4S/c1-27-23(16-10-4-2-5-11-16,17-12-6-3-7-13-17)20(21(25)26)28-22-24-18-14-8-9-15-19(18)29-22/h2-15,20H,1H3,(H,25,26). The number of carboxylic acids is 1. The number of thiazole rings is 1. The molecule has 0 radical (unpaired) electrons. The molecule has 1 atom stereocenters. The number of methoxy groups -OCH3 is 1. The lowest BCUT2D eigenvalue weighted by atomic mass is 9.81. The molecule has 1 aromatic heterocycles. The first kappa shape index (κ1) is 19.1. The van der Waals surface area contributed by atoms with E-state index < -0.39 is 17.7 Å². The Morgan fingerprint density at radius 3 is 2.00 bits per heavy atom. The Balaban J connectivity index is 1.87. The molecule has 0 amide bonds. The van der Waals surface area contributed by atoms with E-state index in [1.807, 2.05) is 84.9 Å². The largest absolute Gasteiger partial charge is 0.478 e. The number of para-hydroxylation sites is 1. The third-order valence-electron chi connectivity index (χ3n) is 4.81. The maximum absolute atomic E-state index is 12.4. The summed E-state index contributed by atoms with van der Waals surface area (Å²) < 4.78 is 12.9. The molecule has 6 heteroatoms. The van der Waals surface area contributed by atoms with Crippen molar-refractivity contribution in [2.75, 3.05) is 7.11 Å². The molecule has 0 fully saturated rings. The quantitative estimate of drug-likeness (QED) is 0.482. The maximum Gasteiger partial charge on any atom is 0.348 e. The second-order valence-corrected chi connectivity index (χ2v) is 7.45. The number of carbonyl (C=O) groups is 1. The van der Waals surface area contributed by atoms with Crippen LogP contribution < -0.4 is 4.74 Å². The van der Waals surface area contributed by atoms with Crippen LogP contribution in [0.1, 0.15) is 11.1 Å². The number of ether oxygens (including phenoxy) is 2. The summed E-state index contributed by atoms with van der Waals surface area (Å²) in [5, 5.41) is 10.5. The van der Waals surface area contributed by atoms with Crippen molar-refractivity contribution in [3.63, 3.8) is 0 Å². The molecule has 4 aromatic rings. The Bertz CT molecular complexity index is 1040. The van der Waals surface area contributed by atoms with Crippen LogP contribution in [0.25, 0.3) is 10.2 Å². The second-order valence-electron chi connectivity index (χ2n) is 6.46. The van der Waals surface area contributed by atoms with Gasteiger partial charge in [0.1, 0.15) is 0 Å². The van der Waals surface area contributed by atoms with E-state index in [0.717, 1.165) is 10.2 Å². The molecule has 0 aliphatic heterocycles. The van der Waals surface area contributed by atoms with E-state index in [1.165, 1.54) is 18.4 Å². The zero-order chi connectivity index (χ0) is 20.3. The normalized spacial score (nSPS) is 12.6. The predicted octanol–water partition coefficient (Wildman–Crippen LogP) is 4.72. The minimum Gasteiger partial charge on any atom is -0.478 e. The van der Waals surface area contributed by atoms with Crippen molar-refractivity contribution in [3.8, 4) is 5.19 Å². The van der Waals surface area contributed by atoms with Crippen LogP contribution in [0.3, 0.4) is 0 Å². The van der Waals surface area contributed by atoms with Gasteiger partial charge in [0.05, 0.1) is 10.2 Å². The minimum absolute atomic E-state index is 0.284. The number of aliphatic carboxylic acids is 1. The zero-order valence-corrected chi connectivity index (χ0v) is 16.5. The highest BCUT2D eigenvalue weighted by atomic mass is 32.1. The van der Waals surface area contributed by atoms with Crippen molar-refractivity contribution in [2.45, 2.75) is 11.7 Å². The van der Waals surface area contributed by atoms with Gasteiger partial charge in [0.2, 0.25) is 6.10 Å². The van der Waals surface area contributed by atoms with E-state index >= 15 is 0 Å². The van der Waals surface area contributed by atoms with E-state index in [9.17, 15) is 9.90 Å². The van der Waals surface area contributed by atoms with Crippen LogP contribution in [0, 0.1) is 0 Å². The molecule has 1 unspecified atom stereocenters. The highest BCUT2D eigenvalue weighted by Gasteiger charge is 2.49. The van der Waals surface area contributed by atoms with Gasteiger partial charge in [0, 0.05) is 7.11 Å². The van der Waals surface area contributed by atoms with Gasteiger partial charge < -0.3 is 14.6 Å². The van der Waals surface area contributed by atoms with E-state index in [4.69, 9.17) is 9.47 Å². The average molecular weight is 405 g/mol. The van der Waals surface area contributed by atoms with Crippen molar-refractivity contribution in [2.24, 2.45) is 0 Å². The van der Waals surface area contributed by atoms with Crippen molar-refractivity contribution < 1.29 is 19.4 Å². The zero-order valence-electron chi connectivity index (χ0n) is 15.7. The van der Waals surface area contributed by atoms with Crippen molar-refractivity contribution in [3.05, 3.63) is 96.1 Å². The highest BCUT2D eigenvalue weighted by molar-refractivity contribution is 7.20. The smallest absolute Gasteiger partial charge is 0.348 e. The van der Waals surface area contributed by atoms with E-state index in [1.54, 1.807) is 0 Å². The van der Waals surface area contributed by atoms with Gasteiger partial charge >= 0.3 is 5.97 Å². The minimum atomic E-state index is -1.35. The van der Waals surface area contributed by atoms with Crippen molar-refractivity contribution >= 4 is 27.5 Å². The number of hydrogen-bond donors (Lipinski definition) is 1. The van der Waals surface area contributed by atoms with Crippen LogP contribution in [0.5, 0.6) is 5.19 Å². The molecule has 0 spiro atoms. The molecule has 146 valence electrons. The molecule has 0 aliphatic rings. The van der Waals surface area contributed by atoms with Crippen LogP contribution in [-0.2, 0) is 15.1 Å². The van der Waals surface area contributed by atoms with Gasteiger partial charge in [-0.05, 0) is 23.3 Å². The summed E-state index contributed by atoms with van der Waals surface area (Å²) >= 11 is 1.31. The number of rotatable bonds is 7. The lowest BCUT2D eigenvalue weighted by molar-refractivity contribution is -0.160. The summed E-state index contributed by atoms with van der Waals surface area (Å²) in [7, 11) is 1.50. The molecule has 4 rings (SSSR count). The van der Waals surface area contributed by atoms with Crippen LogP contribution in [0.2, 0.25) is 0 Å². The predicted molar refractivity (Wildman–Crippen MR) is 112 cm³/mol. The van der Waals surface area contributed by atoms with Crippen molar-refractivity contribution in [1.29, 1.82) is 0 Å². The van der Waals surface area contributed by atoms with Gasteiger partial charge in [-0.15, -0.1) is 0 Å². The van der Waals surface area contributed by atoms with Gasteiger partial charge in [-0.1, -0.05) is 84.1 Å². The summed E-state index contributed by atoms with van der Waals surface area (Å²) in [6, 6.07) is 26.1. The topological polar surface area (TPSA) is 68.7 Å². The molecule has 0 saturated carbocycles. The lowest BCUT2D eigenvalue weighted by Crippen LogP contribution is -2.50. The summed E-state index contributed by atoms with van der Waals surface area (Å²) in [6.07, 6.45) is -1.35. The monoisotopic (exact) mass is 405 g/mol. The average Bonchev–Trinajstić information content (AvgIpc) is 3.18. The van der Waals surface area contributed by atoms with Crippen molar-refractivity contribution in [1.82, 2.24) is 4.98 Å². The van der Waals surface area contributed by atoms with Crippen LogP contribution in [0.15, 0.2) is 84.9 Å². The van der Waals surface area contributed by atoms with E-state index in [-0.39, 0.29) is 5.19 Å². The van der Waals surface area contributed by atoms with Gasteiger partial charge in [0.25, 0.3) is 5.19 Å². The Morgan fingerprint density at radius 1 is 0.931 bits per heavy atom. The molecule has 29 heavy (non-hydrogen) atoms. The van der Waals surface area contributed by atoms with Gasteiger partial charge in [-0.3, -0.25) is 0 Å². The fraction of sp³-hybridized carbons (Fsp3) is 0.130. The molecule has 5 nitrogen and oxygen atoms in total. The van der Waals surface area contributed by atoms with Gasteiger partial charge in [-0.2, -0.15) is 0 Å². The third kappa shape index (κ3) is 3.48. The summed E-state index contributed by atoms with van der Waals surface area (Å²) in [5.41, 5.74) is 0.773. The number of aromatic nitrogens is 1. The summed E-state index contributed by atoms with van der Waals surface area (Å²) in [6.45, 7) is 0. The van der Waals surface area contributed by atoms with Gasteiger partial charge in [0.15, 0.2) is 5.60 Å². The van der Waals surface area contributed by atoms with Crippen LogP contribution >= 0.6 is 11.3 Å². The summed E-state index contributed by atoms with van der Waals surface area (Å²) in [4.78, 5) is 16.9. The maximum atomic E-state index is 12.4. The first-order chi connectivity index (χ1) is 14.1. The molecule has 0 saturated heterocycles. The lowest BCUT2D eigenvalue weighted by Gasteiger charge is -2.37. The van der Waals surface area contributed by atoms with Gasteiger partial charge in [-0.25, -0.2) is 9.78 Å². The number of fused-ring (bicyclic) bond motifs is 1. The SMILES string of the molecule is COC(c1ccccc1)(c1ccccc1)C(Oc1nc2ccccc2s1)C(=O)O. The Kier molecular flexibility index (Phi) is 5.29. The van der Waals surface area contributed by atoms with E-state index in [0.29, 0.717) is 11.1 Å². The number of hydrogen-bond acceptors (Lipinski definition) is 5. The molecule has 0 bridgehead atoms. The first-order valence-electron chi connectivity index (χ1n) is 9.06. The summed E-state index contributed by atoms with van der Waals surface area (Å²) in [5.74, 6) is -1.14. The first-order valence-corrected chi connectivity index (χ1v) is 9.88. The Labute approximate surface area is 172 Å². The van der Waals surface area contributed by atoms with E-state index in [2.05, 4.69) is 4.98 Å².